The van der Waals surface area contributed by atoms with Gasteiger partial charge < -0.3 is 4.74 Å². The molecule has 0 saturated heterocycles. The Morgan fingerprint density at radius 2 is 2.10 bits per heavy atom. The van der Waals surface area contributed by atoms with E-state index < -0.39 is 0 Å². The van der Waals surface area contributed by atoms with E-state index in [1.165, 1.54) is 4.88 Å². The second-order valence-electron chi connectivity index (χ2n) is 4.73. The predicted octanol–water partition coefficient (Wildman–Crippen LogP) is 3.20. The fraction of sp³-hybridized carbons (Fsp3) is 0.250. The Hall–Kier alpha value is -2.14. The highest BCUT2D eigenvalue weighted by Gasteiger charge is 2.05. The number of carbonyl (C=O) groups is 1. The Balaban J connectivity index is 1.82. The first-order valence-corrected chi connectivity index (χ1v) is 7.45. The molecule has 0 unspecified atom stereocenters. The molecule has 0 bridgehead atoms. The summed E-state index contributed by atoms with van der Waals surface area (Å²) in [5.41, 5.74) is 4.64. The molecular formula is C16H18N2O2S. The first-order valence-electron chi connectivity index (χ1n) is 6.63. The summed E-state index contributed by atoms with van der Waals surface area (Å²) in [6.07, 6.45) is 1.63. The third-order valence-electron chi connectivity index (χ3n) is 3.06. The smallest absolute Gasteiger partial charge is 0.277 e. The fourth-order valence-corrected chi connectivity index (χ4v) is 2.50. The van der Waals surface area contributed by atoms with Crippen LogP contribution in [0.3, 0.4) is 0 Å². The van der Waals surface area contributed by atoms with Gasteiger partial charge in [-0.25, -0.2) is 5.43 Å². The molecule has 2 aromatic rings. The fourth-order valence-electron chi connectivity index (χ4n) is 1.75. The summed E-state index contributed by atoms with van der Waals surface area (Å²) < 4.78 is 5.50. The summed E-state index contributed by atoms with van der Waals surface area (Å²) in [6, 6.07) is 9.75. The average Bonchev–Trinajstić information content (AvgIpc) is 2.86. The van der Waals surface area contributed by atoms with Gasteiger partial charge in [0.1, 0.15) is 5.75 Å². The molecule has 0 spiro atoms. The summed E-state index contributed by atoms with van der Waals surface area (Å²) >= 11 is 1.62. The highest BCUT2D eigenvalue weighted by Crippen LogP contribution is 2.20. The Morgan fingerprint density at radius 1 is 1.29 bits per heavy atom. The highest BCUT2D eigenvalue weighted by atomic mass is 32.1. The summed E-state index contributed by atoms with van der Waals surface area (Å²) in [7, 11) is 0. The Bertz CT molecular complexity index is 662. The molecule has 5 heteroatoms. The van der Waals surface area contributed by atoms with Crippen molar-refractivity contribution < 1.29 is 9.53 Å². The third-order valence-corrected chi connectivity index (χ3v) is 3.99. The number of rotatable bonds is 5. The van der Waals surface area contributed by atoms with Gasteiger partial charge >= 0.3 is 0 Å². The van der Waals surface area contributed by atoms with Gasteiger partial charge in [-0.15, -0.1) is 11.3 Å². The zero-order chi connectivity index (χ0) is 15.2. The summed E-state index contributed by atoms with van der Waals surface area (Å²) in [5, 5.41) is 3.91. The summed E-state index contributed by atoms with van der Waals surface area (Å²) in [6.45, 7) is 5.96. The van der Waals surface area contributed by atoms with E-state index in [2.05, 4.69) is 10.5 Å². The number of nitrogens with one attached hydrogen (secondary N) is 1. The molecule has 0 fully saturated rings. The van der Waals surface area contributed by atoms with Crippen LogP contribution in [0.5, 0.6) is 5.75 Å². The summed E-state index contributed by atoms with van der Waals surface area (Å²) in [5.74, 6) is 0.448. The van der Waals surface area contributed by atoms with Crippen molar-refractivity contribution in [3.8, 4) is 5.75 Å². The third kappa shape index (κ3) is 4.43. The molecule has 1 N–H and O–H groups in total. The number of benzene rings is 1. The molecule has 110 valence electrons. The van der Waals surface area contributed by atoms with E-state index >= 15 is 0 Å². The van der Waals surface area contributed by atoms with Crippen LogP contribution in [0.4, 0.5) is 0 Å². The van der Waals surface area contributed by atoms with Crippen molar-refractivity contribution in [1.82, 2.24) is 5.43 Å². The predicted molar refractivity (Wildman–Crippen MR) is 86.2 cm³/mol. The molecule has 0 aliphatic carbocycles. The number of hydrogen-bond acceptors (Lipinski definition) is 4. The maximum absolute atomic E-state index is 11.7. The summed E-state index contributed by atoms with van der Waals surface area (Å²) in [4.78, 5) is 13.9. The minimum atomic E-state index is -0.277. The van der Waals surface area contributed by atoms with Crippen LogP contribution >= 0.6 is 11.3 Å². The maximum Gasteiger partial charge on any atom is 0.277 e. The molecule has 0 aliphatic heterocycles. The van der Waals surface area contributed by atoms with Crippen molar-refractivity contribution >= 4 is 23.5 Å². The molecular weight excluding hydrogens is 284 g/mol. The molecule has 0 atom stereocenters. The van der Waals surface area contributed by atoms with E-state index in [9.17, 15) is 4.79 Å². The molecule has 1 aromatic heterocycles. The molecule has 1 aromatic carbocycles. The van der Waals surface area contributed by atoms with Gasteiger partial charge in [-0.1, -0.05) is 12.1 Å². The van der Waals surface area contributed by atoms with Crippen LogP contribution in [0.25, 0.3) is 0 Å². The first kappa shape index (κ1) is 15.3. The van der Waals surface area contributed by atoms with E-state index in [4.69, 9.17) is 4.74 Å². The lowest BCUT2D eigenvalue weighted by atomic mass is 10.1. The maximum atomic E-state index is 11.7. The lowest BCUT2D eigenvalue weighted by Crippen LogP contribution is -2.24. The first-order chi connectivity index (χ1) is 10.1. The van der Waals surface area contributed by atoms with E-state index in [1.807, 2.05) is 51.1 Å². The van der Waals surface area contributed by atoms with Crippen LogP contribution in [0.2, 0.25) is 0 Å². The van der Waals surface area contributed by atoms with Crippen molar-refractivity contribution in [2.75, 3.05) is 6.61 Å². The number of amides is 1. The molecule has 2 rings (SSSR count). The minimum Gasteiger partial charge on any atom is -0.483 e. The van der Waals surface area contributed by atoms with Crippen molar-refractivity contribution in [3.63, 3.8) is 0 Å². The lowest BCUT2D eigenvalue weighted by molar-refractivity contribution is -0.123. The largest absolute Gasteiger partial charge is 0.483 e. The van der Waals surface area contributed by atoms with Gasteiger partial charge in [0, 0.05) is 9.75 Å². The zero-order valence-electron chi connectivity index (χ0n) is 12.3. The average molecular weight is 302 g/mol. The number of thiophene rings is 1. The number of ether oxygens (including phenoxy) is 1. The van der Waals surface area contributed by atoms with Crippen molar-refractivity contribution in [1.29, 1.82) is 0 Å². The van der Waals surface area contributed by atoms with E-state index in [0.29, 0.717) is 0 Å². The number of aryl methyl sites for hydroxylation is 2. The SMILES string of the molecule is Cc1ccc(/C=N\NC(=O)COc2cccc(C)c2C)s1. The monoisotopic (exact) mass is 302 g/mol. The van der Waals surface area contributed by atoms with Crippen molar-refractivity contribution in [2.24, 2.45) is 5.10 Å². The van der Waals surface area contributed by atoms with Gasteiger partial charge in [-0.2, -0.15) is 5.10 Å². The molecule has 0 aliphatic rings. The molecule has 21 heavy (non-hydrogen) atoms. The molecule has 1 heterocycles. The second kappa shape index (κ2) is 7.04. The van der Waals surface area contributed by atoms with Gasteiger partial charge in [0.2, 0.25) is 0 Å². The van der Waals surface area contributed by atoms with Gasteiger partial charge in [0.05, 0.1) is 6.21 Å². The van der Waals surface area contributed by atoms with Crippen LogP contribution in [-0.4, -0.2) is 18.7 Å². The molecule has 0 saturated carbocycles. The minimum absolute atomic E-state index is 0.0505. The normalized spacial score (nSPS) is 10.8. The van der Waals surface area contributed by atoms with Crippen LogP contribution in [0, 0.1) is 20.8 Å². The quantitative estimate of drug-likeness (QED) is 0.681. The standard InChI is InChI=1S/C16H18N2O2S/c1-11-5-4-6-15(13(11)3)20-10-16(19)18-17-9-14-8-7-12(2)21-14/h4-9H,10H2,1-3H3,(H,18,19)/b17-9-. The van der Waals surface area contributed by atoms with Crippen molar-refractivity contribution in [2.45, 2.75) is 20.8 Å². The number of carbonyl (C=O) groups excluding carboxylic acids is 1. The Kier molecular flexibility index (Phi) is 5.11. The van der Waals surface area contributed by atoms with Crippen molar-refractivity contribution in [3.05, 3.63) is 51.2 Å². The van der Waals surface area contributed by atoms with E-state index in [1.54, 1.807) is 17.6 Å². The van der Waals surface area contributed by atoms with Gasteiger partial charge in [-0.05, 0) is 50.1 Å². The van der Waals surface area contributed by atoms with Gasteiger partial charge in [0.15, 0.2) is 6.61 Å². The Morgan fingerprint density at radius 3 is 2.81 bits per heavy atom. The van der Waals surface area contributed by atoms with Crippen LogP contribution in [0.1, 0.15) is 20.9 Å². The second-order valence-corrected chi connectivity index (χ2v) is 6.05. The molecule has 0 radical (unpaired) electrons. The van der Waals surface area contributed by atoms with Crippen LogP contribution in [0.15, 0.2) is 35.4 Å². The molecule has 1 amide bonds. The highest BCUT2D eigenvalue weighted by molar-refractivity contribution is 7.13. The zero-order valence-corrected chi connectivity index (χ0v) is 13.2. The lowest BCUT2D eigenvalue weighted by Gasteiger charge is -2.09. The van der Waals surface area contributed by atoms with Crippen LogP contribution < -0.4 is 10.2 Å². The van der Waals surface area contributed by atoms with Gasteiger partial charge in [-0.3, -0.25) is 4.79 Å². The Labute approximate surface area is 128 Å². The topological polar surface area (TPSA) is 50.7 Å². The number of hydrazone groups is 1. The van der Waals surface area contributed by atoms with Gasteiger partial charge in [0.25, 0.3) is 5.91 Å². The molecule has 4 nitrogen and oxygen atoms in total. The van der Waals surface area contributed by atoms with E-state index in [-0.39, 0.29) is 12.5 Å². The number of nitrogens with zero attached hydrogens (tertiary/aromatic N) is 1. The number of hydrogen-bond donors (Lipinski definition) is 1. The van der Waals surface area contributed by atoms with Crippen LogP contribution in [-0.2, 0) is 4.79 Å². The van der Waals surface area contributed by atoms with E-state index in [0.717, 1.165) is 21.8 Å².